The van der Waals surface area contributed by atoms with Crippen LogP contribution in [0.1, 0.15) is 18.4 Å². The molecular weight excluding hydrogens is 272 g/mol. The molecule has 4 heteroatoms. The lowest BCUT2D eigenvalue weighted by Crippen LogP contribution is -2.16. The molecule has 3 nitrogen and oxygen atoms in total. The molecule has 1 aromatic rings. The lowest BCUT2D eigenvalue weighted by Gasteiger charge is -2.14. The van der Waals surface area contributed by atoms with Crippen molar-refractivity contribution in [3.8, 4) is 5.75 Å². The van der Waals surface area contributed by atoms with Gasteiger partial charge in [0.25, 0.3) is 0 Å². The Morgan fingerprint density at radius 3 is 3.06 bits per heavy atom. The van der Waals surface area contributed by atoms with E-state index in [0.29, 0.717) is 6.61 Å². The van der Waals surface area contributed by atoms with E-state index in [1.54, 1.807) is 0 Å². The number of ether oxygens (including phenoxy) is 2. The van der Waals surface area contributed by atoms with Crippen LogP contribution >= 0.6 is 15.9 Å². The summed E-state index contributed by atoms with van der Waals surface area (Å²) in [6, 6.07) is 5.64. The molecule has 1 unspecified atom stereocenters. The maximum absolute atomic E-state index is 9.20. The number of aliphatic hydroxyl groups is 1. The molecule has 1 aliphatic rings. The van der Waals surface area contributed by atoms with Crippen molar-refractivity contribution in [1.29, 1.82) is 0 Å². The van der Waals surface area contributed by atoms with Crippen LogP contribution in [0.5, 0.6) is 5.75 Å². The molecule has 1 aromatic carbocycles. The van der Waals surface area contributed by atoms with Crippen LogP contribution in [0.15, 0.2) is 22.7 Å². The Balaban J connectivity index is 1.97. The molecular formula is C12H15BrO3. The summed E-state index contributed by atoms with van der Waals surface area (Å²) in [5.41, 5.74) is 0.798. The van der Waals surface area contributed by atoms with Gasteiger partial charge in [0.15, 0.2) is 0 Å². The summed E-state index contributed by atoms with van der Waals surface area (Å²) in [7, 11) is 0. The third-order valence-electron chi connectivity index (χ3n) is 2.64. The first kappa shape index (κ1) is 11.9. The van der Waals surface area contributed by atoms with E-state index in [2.05, 4.69) is 15.9 Å². The van der Waals surface area contributed by atoms with E-state index < -0.39 is 0 Å². The zero-order valence-corrected chi connectivity index (χ0v) is 10.6. The van der Waals surface area contributed by atoms with Crippen molar-refractivity contribution in [3.05, 3.63) is 28.2 Å². The van der Waals surface area contributed by atoms with Gasteiger partial charge in [-0.2, -0.15) is 0 Å². The summed E-state index contributed by atoms with van der Waals surface area (Å²) < 4.78 is 12.1. The van der Waals surface area contributed by atoms with E-state index in [0.717, 1.165) is 35.2 Å². The van der Waals surface area contributed by atoms with Crippen LogP contribution in [-0.2, 0) is 11.3 Å². The Morgan fingerprint density at radius 1 is 1.50 bits per heavy atom. The molecule has 1 heterocycles. The number of halogens is 1. The number of hydrogen-bond donors (Lipinski definition) is 1. The van der Waals surface area contributed by atoms with Crippen molar-refractivity contribution in [1.82, 2.24) is 0 Å². The molecule has 1 N–H and O–H groups in total. The highest BCUT2D eigenvalue weighted by atomic mass is 79.9. The quantitative estimate of drug-likeness (QED) is 0.924. The van der Waals surface area contributed by atoms with Gasteiger partial charge in [-0.1, -0.05) is 15.9 Å². The summed E-state index contributed by atoms with van der Waals surface area (Å²) in [5, 5.41) is 9.20. The normalized spacial score (nSPS) is 20.0. The molecule has 88 valence electrons. The van der Waals surface area contributed by atoms with Crippen molar-refractivity contribution in [3.63, 3.8) is 0 Å². The highest BCUT2D eigenvalue weighted by Gasteiger charge is 2.16. The average molecular weight is 287 g/mol. The minimum absolute atomic E-state index is 0.0136. The van der Waals surface area contributed by atoms with Crippen molar-refractivity contribution in [2.45, 2.75) is 25.6 Å². The summed E-state index contributed by atoms with van der Waals surface area (Å²) in [5.74, 6) is 0.737. The maximum Gasteiger partial charge on any atom is 0.125 e. The third kappa shape index (κ3) is 2.97. The van der Waals surface area contributed by atoms with Gasteiger partial charge < -0.3 is 14.6 Å². The monoisotopic (exact) mass is 286 g/mol. The van der Waals surface area contributed by atoms with Crippen molar-refractivity contribution in [2.24, 2.45) is 0 Å². The van der Waals surface area contributed by atoms with Gasteiger partial charge in [0.05, 0.1) is 12.7 Å². The van der Waals surface area contributed by atoms with Gasteiger partial charge in [-0.25, -0.2) is 0 Å². The first-order chi connectivity index (χ1) is 7.79. The maximum atomic E-state index is 9.20. The van der Waals surface area contributed by atoms with Gasteiger partial charge in [-0.15, -0.1) is 0 Å². The van der Waals surface area contributed by atoms with E-state index in [4.69, 9.17) is 9.47 Å². The van der Waals surface area contributed by atoms with Gasteiger partial charge >= 0.3 is 0 Å². The van der Waals surface area contributed by atoms with Gasteiger partial charge in [0, 0.05) is 16.6 Å². The first-order valence-electron chi connectivity index (χ1n) is 5.43. The molecule has 0 radical (unpaired) electrons. The summed E-state index contributed by atoms with van der Waals surface area (Å²) in [6.07, 6.45) is 2.38. The summed E-state index contributed by atoms with van der Waals surface area (Å²) in [6.45, 7) is 1.39. The molecule has 0 amide bonds. The number of benzene rings is 1. The highest BCUT2D eigenvalue weighted by Crippen LogP contribution is 2.24. The molecule has 2 rings (SSSR count). The van der Waals surface area contributed by atoms with Crippen LogP contribution in [0.4, 0.5) is 0 Å². The molecule has 1 fully saturated rings. The van der Waals surface area contributed by atoms with Crippen LogP contribution in [-0.4, -0.2) is 24.4 Å². The van der Waals surface area contributed by atoms with Crippen LogP contribution < -0.4 is 4.74 Å². The van der Waals surface area contributed by atoms with Crippen molar-refractivity contribution < 1.29 is 14.6 Å². The van der Waals surface area contributed by atoms with Gasteiger partial charge in [-0.3, -0.25) is 0 Å². The van der Waals surface area contributed by atoms with Gasteiger partial charge in [0.1, 0.15) is 12.4 Å². The predicted molar refractivity (Wildman–Crippen MR) is 64.5 cm³/mol. The SMILES string of the molecule is OCc1cc(Br)ccc1OCC1CCCO1. The van der Waals surface area contributed by atoms with E-state index in [1.165, 1.54) is 0 Å². The zero-order valence-electron chi connectivity index (χ0n) is 8.99. The molecule has 0 aliphatic carbocycles. The second-order valence-electron chi connectivity index (χ2n) is 3.86. The zero-order chi connectivity index (χ0) is 11.4. The fourth-order valence-electron chi connectivity index (χ4n) is 1.77. The van der Waals surface area contributed by atoms with E-state index in [-0.39, 0.29) is 12.7 Å². The number of hydrogen-bond acceptors (Lipinski definition) is 3. The Hall–Kier alpha value is -0.580. The smallest absolute Gasteiger partial charge is 0.125 e. The number of aliphatic hydroxyl groups excluding tert-OH is 1. The van der Waals surface area contributed by atoms with Crippen LogP contribution in [0.2, 0.25) is 0 Å². The van der Waals surface area contributed by atoms with Crippen molar-refractivity contribution >= 4 is 15.9 Å². The molecule has 1 aliphatic heterocycles. The first-order valence-corrected chi connectivity index (χ1v) is 6.22. The average Bonchev–Trinajstić information content (AvgIpc) is 2.80. The second-order valence-corrected chi connectivity index (χ2v) is 4.77. The van der Waals surface area contributed by atoms with E-state index in [9.17, 15) is 5.11 Å². The van der Waals surface area contributed by atoms with Crippen LogP contribution in [0.3, 0.4) is 0 Å². The Kier molecular flexibility index (Phi) is 4.21. The molecule has 1 atom stereocenters. The van der Waals surface area contributed by atoms with Crippen LogP contribution in [0, 0.1) is 0 Å². The van der Waals surface area contributed by atoms with Gasteiger partial charge in [0.2, 0.25) is 0 Å². The van der Waals surface area contributed by atoms with Gasteiger partial charge in [-0.05, 0) is 31.0 Å². The van der Waals surface area contributed by atoms with Crippen molar-refractivity contribution in [2.75, 3.05) is 13.2 Å². The third-order valence-corrected chi connectivity index (χ3v) is 3.13. The minimum atomic E-state index is -0.0136. The second kappa shape index (κ2) is 5.66. The standard InChI is InChI=1S/C12H15BrO3/c13-10-3-4-12(9(6-10)7-14)16-8-11-2-1-5-15-11/h3-4,6,11,14H,1-2,5,7-8H2. The topological polar surface area (TPSA) is 38.7 Å². The number of rotatable bonds is 4. The summed E-state index contributed by atoms with van der Waals surface area (Å²) in [4.78, 5) is 0. The lowest BCUT2D eigenvalue weighted by molar-refractivity contribution is 0.0671. The van der Waals surface area contributed by atoms with E-state index >= 15 is 0 Å². The largest absolute Gasteiger partial charge is 0.491 e. The molecule has 0 spiro atoms. The molecule has 16 heavy (non-hydrogen) atoms. The molecule has 1 saturated heterocycles. The van der Waals surface area contributed by atoms with Crippen LogP contribution in [0.25, 0.3) is 0 Å². The fraction of sp³-hybridized carbons (Fsp3) is 0.500. The Bertz CT molecular complexity index is 348. The predicted octanol–water partition coefficient (Wildman–Crippen LogP) is 2.50. The Morgan fingerprint density at radius 2 is 2.38 bits per heavy atom. The molecule has 0 saturated carbocycles. The fourth-order valence-corrected chi connectivity index (χ4v) is 2.18. The Labute approximate surface area is 104 Å². The van der Waals surface area contributed by atoms with E-state index in [1.807, 2.05) is 18.2 Å². The molecule has 0 bridgehead atoms. The minimum Gasteiger partial charge on any atom is -0.491 e. The molecule has 0 aromatic heterocycles. The lowest BCUT2D eigenvalue weighted by atomic mass is 10.2. The highest BCUT2D eigenvalue weighted by molar-refractivity contribution is 9.10. The summed E-state index contributed by atoms with van der Waals surface area (Å²) >= 11 is 3.36.